The molecule has 8 heteroatoms. The number of nitrogens with zero attached hydrogens (tertiary/aromatic N) is 2. The van der Waals surface area contributed by atoms with Crippen LogP contribution in [0.5, 0.6) is 5.75 Å². The number of nitrogens with two attached hydrogens (primary N) is 1. The Morgan fingerprint density at radius 1 is 1.12 bits per heavy atom. The molecule has 2 aromatic carbocycles. The van der Waals surface area contributed by atoms with E-state index in [4.69, 9.17) is 10.5 Å². The van der Waals surface area contributed by atoms with Gasteiger partial charge in [0.2, 0.25) is 0 Å². The van der Waals surface area contributed by atoms with E-state index < -0.39 is 17.8 Å². The van der Waals surface area contributed by atoms with Crippen molar-refractivity contribution in [3.8, 4) is 17.1 Å². The van der Waals surface area contributed by atoms with Crippen molar-refractivity contribution in [2.75, 3.05) is 7.11 Å². The highest BCUT2D eigenvalue weighted by Crippen LogP contribution is 2.31. The molecule has 0 aliphatic carbocycles. The smallest absolute Gasteiger partial charge is 0.416 e. The zero-order valence-electron chi connectivity index (χ0n) is 13.2. The quantitative estimate of drug-likeness (QED) is 0.756. The monoisotopic (exact) mass is 348 g/mol. The molecule has 1 unspecified atom stereocenters. The molecule has 3 aromatic rings. The molecule has 130 valence electrons. The summed E-state index contributed by atoms with van der Waals surface area (Å²) in [7, 11) is 1.55. The first-order chi connectivity index (χ1) is 11.9. The summed E-state index contributed by atoms with van der Waals surface area (Å²) in [6, 6.07) is 11.4. The molecule has 0 radical (unpaired) electrons. The van der Waals surface area contributed by atoms with Gasteiger partial charge in [0.05, 0.1) is 18.7 Å². The Balaban J connectivity index is 1.90. The van der Waals surface area contributed by atoms with Gasteiger partial charge in [0.1, 0.15) is 11.6 Å². The van der Waals surface area contributed by atoms with Crippen molar-refractivity contribution >= 4 is 0 Å². The third-order valence-electron chi connectivity index (χ3n) is 3.70. The summed E-state index contributed by atoms with van der Waals surface area (Å²) in [5.74, 6) is 1.14. The Kier molecular flexibility index (Phi) is 4.45. The number of nitrogens with one attached hydrogen (secondary N) is 1. The van der Waals surface area contributed by atoms with Gasteiger partial charge in [0.15, 0.2) is 5.82 Å². The van der Waals surface area contributed by atoms with Crippen LogP contribution in [0.25, 0.3) is 11.4 Å². The Hall–Kier alpha value is -2.87. The molecule has 1 atom stereocenters. The number of alkyl halides is 3. The maximum Gasteiger partial charge on any atom is 0.416 e. The molecule has 0 fully saturated rings. The number of benzene rings is 2. The fraction of sp³-hybridized carbons (Fsp3) is 0.176. The van der Waals surface area contributed by atoms with Gasteiger partial charge in [-0.2, -0.15) is 18.3 Å². The lowest BCUT2D eigenvalue weighted by Crippen LogP contribution is -2.13. The number of hydrogen-bond acceptors (Lipinski definition) is 4. The van der Waals surface area contributed by atoms with Gasteiger partial charge in [-0.25, -0.2) is 4.98 Å². The molecule has 0 aliphatic heterocycles. The van der Waals surface area contributed by atoms with Gasteiger partial charge < -0.3 is 10.5 Å². The second-order valence-corrected chi connectivity index (χ2v) is 5.38. The third-order valence-corrected chi connectivity index (χ3v) is 3.70. The first-order valence-corrected chi connectivity index (χ1v) is 7.38. The van der Waals surface area contributed by atoms with E-state index in [1.807, 2.05) is 0 Å². The van der Waals surface area contributed by atoms with E-state index >= 15 is 0 Å². The van der Waals surface area contributed by atoms with Gasteiger partial charge in [-0.3, -0.25) is 5.10 Å². The minimum atomic E-state index is -4.42. The summed E-state index contributed by atoms with van der Waals surface area (Å²) in [6.45, 7) is 0. The number of aromatic nitrogens is 3. The topological polar surface area (TPSA) is 76.8 Å². The van der Waals surface area contributed by atoms with E-state index in [0.29, 0.717) is 11.6 Å². The van der Waals surface area contributed by atoms with Gasteiger partial charge in [0, 0.05) is 5.56 Å². The molecule has 1 heterocycles. The predicted octanol–water partition coefficient (Wildman–Crippen LogP) is 3.55. The molecule has 0 saturated heterocycles. The molecule has 3 N–H and O–H groups in total. The van der Waals surface area contributed by atoms with Crippen molar-refractivity contribution in [2.24, 2.45) is 5.73 Å². The summed E-state index contributed by atoms with van der Waals surface area (Å²) >= 11 is 0. The molecule has 0 saturated carbocycles. The molecule has 0 amide bonds. The Labute approximate surface area is 141 Å². The van der Waals surface area contributed by atoms with Crippen LogP contribution in [-0.2, 0) is 6.18 Å². The highest BCUT2D eigenvalue weighted by molar-refractivity contribution is 5.56. The van der Waals surface area contributed by atoms with E-state index in [1.165, 1.54) is 12.1 Å². The normalized spacial score (nSPS) is 12.8. The molecular weight excluding hydrogens is 333 g/mol. The number of hydrogen-bond donors (Lipinski definition) is 2. The Bertz CT molecular complexity index is 876. The van der Waals surface area contributed by atoms with Crippen LogP contribution >= 0.6 is 0 Å². The van der Waals surface area contributed by atoms with Gasteiger partial charge in [-0.05, 0) is 29.8 Å². The molecule has 25 heavy (non-hydrogen) atoms. The van der Waals surface area contributed by atoms with Crippen LogP contribution in [0.1, 0.15) is 23.0 Å². The van der Waals surface area contributed by atoms with Crippen molar-refractivity contribution < 1.29 is 17.9 Å². The van der Waals surface area contributed by atoms with E-state index in [0.717, 1.165) is 17.7 Å². The van der Waals surface area contributed by atoms with Crippen LogP contribution in [-0.4, -0.2) is 22.3 Å². The summed E-state index contributed by atoms with van der Waals surface area (Å²) < 4.78 is 43.6. The summed E-state index contributed by atoms with van der Waals surface area (Å²) in [5, 5.41) is 6.67. The average Bonchev–Trinajstić information content (AvgIpc) is 3.10. The van der Waals surface area contributed by atoms with Crippen LogP contribution in [0.3, 0.4) is 0 Å². The molecule has 0 bridgehead atoms. The van der Waals surface area contributed by atoms with Gasteiger partial charge >= 0.3 is 6.18 Å². The molecule has 1 aromatic heterocycles. The second-order valence-electron chi connectivity index (χ2n) is 5.38. The molecular formula is C17H15F3N4O. The number of methoxy groups -OCH3 is 1. The lowest BCUT2D eigenvalue weighted by Gasteiger charge is -2.10. The predicted molar refractivity (Wildman–Crippen MR) is 85.8 cm³/mol. The van der Waals surface area contributed by atoms with Crippen molar-refractivity contribution in [2.45, 2.75) is 12.2 Å². The van der Waals surface area contributed by atoms with Crippen molar-refractivity contribution in [1.29, 1.82) is 0 Å². The van der Waals surface area contributed by atoms with Crippen molar-refractivity contribution in [3.05, 3.63) is 65.5 Å². The molecule has 0 aliphatic rings. The number of rotatable bonds is 4. The standard InChI is InChI=1S/C17H15F3N4O/c1-25-13-7-3-4-10(9-13)14(21)16-22-15(23-24-16)11-5-2-6-12(8-11)17(18,19)20/h2-9,14H,21H2,1H3,(H,22,23,24). The second kappa shape index (κ2) is 6.56. The van der Waals surface area contributed by atoms with E-state index in [9.17, 15) is 13.2 Å². The Morgan fingerprint density at radius 3 is 2.60 bits per heavy atom. The summed E-state index contributed by atoms with van der Waals surface area (Å²) in [4.78, 5) is 4.24. The van der Waals surface area contributed by atoms with Crippen molar-refractivity contribution in [3.63, 3.8) is 0 Å². The number of aromatic amines is 1. The van der Waals surface area contributed by atoms with Crippen LogP contribution in [0.4, 0.5) is 13.2 Å². The molecule has 5 nitrogen and oxygen atoms in total. The number of halogens is 3. The van der Waals surface area contributed by atoms with Crippen LogP contribution in [0.15, 0.2) is 48.5 Å². The number of ether oxygens (including phenoxy) is 1. The molecule has 3 rings (SSSR count). The van der Waals surface area contributed by atoms with E-state index in [1.54, 1.807) is 31.4 Å². The summed E-state index contributed by atoms with van der Waals surface area (Å²) in [5.41, 5.74) is 6.41. The van der Waals surface area contributed by atoms with Crippen LogP contribution in [0, 0.1) is 0 Å². The summed E-state index contributed by atoms with van der Waals surface area (Å²) in [6.07, 6.45) is -4.42. The lowest BCUT2D eigenvalue weighted by atomic mass is 10.1. The third kappa shape index (κ3) is 3.63. The fourth-order valence-electron chi connectivity index (χ4n) is 2.37. The lowest BCUT2D eigenvalue weighted by molar-refractivity contribution is -0.137. The minimum absolute atomic E-state index is 0.152. The SMILES string of the molecule is COc1cccc(C(N)c2nc(-c3cccc(C(F)(F)F)c3)n[nH]2)c1. The largest absolute Gasteiger partial charge is 0.497 e. The molecule has 0 spiro atoms. The zero-order valence-corrected chi connectivity index (χ0v) is 13.2. The van der Waals surface area contributed by atoms with Gasteiger partial charge in [0.25, 0.3) is 0 Å². The highest BCUT2D eigenvalue weighted by Gasteiger charge is 2.30. The zero-order chi connectivity index (χ0) is 18.0. The van der Waals surface area contributed by atoms with Crippen LogP contribution < -0.4 is 10.5 Å². The Morgan fingerprint density at radius 2 is 1.88 bits per heavy atom. The van der Waals surface area contributed by atoms with Gasteiger partial charge in [-0.1, -0.05) is 24.3 Å². The average molecular weight is 348 g/mol. The van der Waals surface area contributed by atoms with E-state index in [-0.39, 0.29) is 11.4 Å². The first kappa shape index (κ1) is 17.0. The maximum absolute atomic E-state index is 12.8. The number of H-pyrrole nitrogens is 1. The first-order valence-electron chi connectivity index (χ1n) is 7.38. The maximum atomic E-state index is 12.8. The minimum Gasteiger partial charge on any atom is -0.497 e. The van der Waals surface area contributed by atoms with Crippen LogP contribution in [0.2, 0.25) is 0 Å². The van der Waals surface area contributed by atoms with E-state index in [2.05, 4.69) is 15.2 Å². The van der Waals surface area contributed by atoms with Crippen molar-refractivity contribution in [1.82, 2.24) is 15.2 Å². The highest BCUT2D eigenvalue weighted by atomic mass is 19.4. The van der Waals surface area contributed by atoms with Gasteiger partial charge in [-0.15, -0.1) is 0 Å². The fourth-order valence-corrected chi connectivity index (χ4v) is 2.37.